The number of nitrogens with one attached hydrogen (secondary N) is 2. The van der Waals surface area contributed by atoms with Crippen molar-refractivity contribution in [2.24, 2.45) is 5.92 Å². The molecule has 3 heteroatoms. The van der Waals surface area contributed by atoms with Gasteiger partial charge in [-0.3, -0.25) is 4.79 Å². The van der Waals surface area contributed by atoms with E-state index in [0.29, 0.717) is 12.0 Å². The van der Waals surface area contributed by atoms with E-state index in [1.54, 1.807) is 0 Å². The van der Waals surface area contributed by atoms with Gasteiger partial charge in [-0.15, -0.1) is 0 Å². The molecule has 0 bridgehead atoms. The fourth-order valence-electron chi connectivity index (χ4n) is 2.66. The topological polar surface area (TPSA) is 41.1 Å². The van der Waals surface area contributed by atoms with E-state index in [-0.39, 0.29) is 5.91 Å². The van der Waals surface area contributed by atoms with Gasteiger partial charge in [-0.25, -0.2) is 0 Å². The summed E-state index contributed by atoms with van der Waals surface area (Å²) in [6.45, 7) is 8.88. The van der Waals surface area contributed by atoms with Crippen molar-refractivity contribution in [1.82, 2.24) is 10.6 Å². The highest BCUT2D eigenvalue weighted by molar-refractivity contribution is 5.85. The monoisotopic (exact) mass is 240 g/mol. The second kappa shape index (κ2) is 6.39. The molecule has 0 aromatic carbocycles. The normalized spacial score (nSPS) is 20.0. The SMILES string of the molecule is CCNC(C)(C)C(=O)N[C@@H](C)C1CCCCC1. The molecular formula is C14H28N2O. The lowest BCUT2D eigenvalue weighted by atomic mass is 9.84. The molecule has 0 spiro atoms. The van der Waals surface area contributed by atoms with Gasteiger partial charge in [0.05, 0.1) is 5.54 Å². The van der Waals surface area contributed by atoms with Crippen molar-refractivity contribution in [3.8, 4) is 0 Å². The lowest BCUT2D eigenvalue weighted by Crippen LogP contribution is -2.55. The van der Waals surface area contributed by atoms with Crippen LogP contribution in [0.1, 0.15) is 59.8 Å². The van der Waals surface area contributed by atoms with E-state index in [1.165, 1.54) is 32.1 Å². The van der Waals surface area contributed by atoms with E-state index in [9.17, 15) is 4.79 Å². The lowest BCUT2D eigenvalue weighted by Gasteiger charge is -2.32. The predicted molar refractivity (Wildman–Crippen MR) is 71.9 cm³/mol. The van der Waals surface area contributed by atoms with E-state index < -0.39 is 5.54 Å². The molecule has 1 saturated carbocycles. The highest BCUT2D eigenvalue weighted by Crippen LogP contribution is 2.26. The number of hydrogen-bond donors (Lipinski definition) is 2. The van der Waals surface area contributed by atoms with Crippen molar-refractivity contribution >= 4 is 5.91 Å². The summed E-state index contributed by atoms with van der Waals surface area (Å²) in [5, 5.41) is 6.39. The molecular weight excluding hydrogens is 212 g/mol. The Morgan fingerprint density at radius 3 is 2.41 bits per heavy atom. The van der Waals surface area contributed by atoms with Crippen LogP contribution in [0.5, 0.6) is 0 Å². The first-order valence-corrected chi connectivity index (χ1v) is 7.03. The van der Waals surface area contributed by atoms with Crippen molar-refractivity contribution < 1.29 is 4.79 Å². The molecule has 1 aliphatic rings. The molecule has 0 aromatic heterocycles. The van der Waals surface area contributed by atoms with E-state index in [2.05, 4.69) is 17.6 Å². The third kappa shape index (κ3) is 4.30. The Hall–Kier alpha value is -0.570. The molecule has 1 amide bonds. The van der Waals surface area contributed by atoms with Crippen LogP contribution in [0.15, 0.2) is 0 Å². The fraction of sp³-hybridized carbons (Fsp3) is 0.929. The summed E-state index contributed by atoms with van der Waals surface area (Å²) in [6.07, 6.45) is 6.54. The molecule has 1 aliphatic carbocycles. The molecule has 1 atom stereocenters. The van der Waals surface area contributed by atoms with E-state index in [0.717, 1.165) is 6.54 Å². The van der Waals surface area contributed by atoms with Crippen LogP contribution >= 0.6 is 0 Å². The molecule has 0 radical (unpaired) electrons. The Kier molecular flexibility index (Phi) is 5.44. The van der Waals surface area contributed by atoms with Gasteiger partial charge in [0.25, 0.3) is 0 Å². The quantitative estimate of drug-likeness (QED) is 0.775. The van der Waals surface area contributed by atoms with Gasteiger partial charge in [-0.2, -0.15) is 0 Å². The molecule has 3 nitrogen and oxygen atoms in total. The number of likely N-dealkylation sites (N-methyl/N-ethyl adjacent to an activating group) is 1. The molecule has 1 fully saturated rings. The number of carbonyl (C=O) groups excluding carboxylic acids is 1. The van der Waals surface area contributed by atoms with Crippen LogP contribution in [0, 0.1) is 5.92 Å². The maximum absolute atomic E-state index is 12.1. The minimum absolute atomic E-state index is 0.123. The second-order valence-corrected chi connectivity index (χ2v) is 5.82. The van der Waals surface area contributed by atoms with Gasteiger partial charge in [0, 0.05) is 6.04 Å². The van der Waals surface area contributed by atoms with Crippen LogP contribution in [0.4, 0.5) is 0 Å². The van der Waals surface area contributed by atoms with Gasteiger partial charge >= 0.3 is 0 Å². The van der Waals surface area contributed by atoms with Crippen molar-refractivity contribution in [2.45, 2.75) is 71.4 Å². The Morgan fingerprint density at radius 2 is 1.88 bits per heavy atom. The van der Waals surface area contributed by atoms with Gasteiger partial charge in [0.15, 0.2) is 0 Å². The van der Waals surface area contributed by atoms with Gasteiger partial charge in [-0.05, 0) is 46.1 Å². The van der Waals surface area contributed by atoms with Crippen LogP contribution in [0.25, 0.3) is 0 Å². The summed E-state index contributed by atoms with van der Waals surface area (Å²) < 4.78 is 0. The maximum atomic E-state index is 12.1. The second-order valence-electron chi connectivity index (χ2n) is 5.82. The van der Waals surface area contributed by atoms with Gasteiger partial charge in [0.2, 0.25) is 5.91 Å². The zero-order chi connectivity index (χ0) is 12.9. The largest absolute Gasteiger partial charge is 0.352 e. The van der Waals surface area contributed by atoms with Gasteiger partial charge < -0.3 is 10.6 Å². The summed E-state index contributed by atoms with van der Waals surface area (Å²) in [4.78, 5) is 12.1. The van der Waals surface area contributed by atoms with Crippen LogP contribution < -0.4 is 10.6 Å². The number of carbonyl (C=O) groups is 1. The van der Waals surface area contributed by atoms with Crippen molar-refractivity contribution in [1.29, 1.82) is 0 Å². The Labute approximate surface area is 106 Å². The Morgan fingerprint density at radius 1 is 1.29 bits per heavy atom. The van der Waals surface area contributed by atoms with Gasteiger partial charge in [-0.1, -0.05) is 26.2 Å². The molecule has 0 heterocycles. The van der Waals surface area contributed by atoms with Crippen LogP contribution in [-0.4, -0.2) is 24.0 Å². The summed E-state index contributed by atoms with van der Waals surface area (Å²) in [7, 11) is 0. The number of hydrogen-bond acceptors (Lipinski definition) is 2. The number of amides is 1. The minimum Gasteiger partial charge on any atom is -0.352 e. The van der Waals surface area contributed by atoms with E-state index in [1.807, 2.05) is 20.8 Å². The molecule has 0 saturated heterocycles. The zero-order valence-corrected chi connectivity index (χ0v) is 11.8. The van der Waals surface area contributed by atoms with Crippen LogP contribution in [0.3, 0.4) is 0 Å². The fourth-order valence-corrected chi connectivity index (χ4v) is 2.66. The molecule has 0 unspecified atom stereocenters. The first kappa shape index (κ1) is 14.5. The minimum atomic E-state index is -0.461. The molecule has 2 N–H and O–H groups in total. The molecule has 1 rings (SSSR count). The van der Waals surface area contributed by atoms with Crippen molar-refractivity contribution in [3.05, 3.63) is 0 Å². The average molecular weight is 240 g/mol. The third-order valence-corrected chi connectivity index (χ3v) is 3.90. The highest BCUT2D eigenvalue weighted by atomic mass is 16.2. The third-order valence-electron chi connectivity index (χ3n) is 3.90. The highest BCUT2D eigenvalue weighted by Gasteiger charge is 2.29. The molecule has 0 aliphatic heterocycles. The number of rotatable bonds is 5. The first-order valence-electron chi connectivity index (χ1n) is 7.03. The van der Waals surface area contributed by atoms with Crippen LogP contribution in [-0.2, 0) is 4.79 Å². The molecule has 100 valence electrons. The first-order chi connectivity index (χ1) is 7.97. The van der Waals surface area contributed by atoms with E-state index >= 15 is 0 Å². The summed E-state index contributed by atoms with van der Waals surface area (Å²) in [5.41, 5.74) is -0.461. The summed E-state index contributed by atoms with van der Waals surface area (Å²) in [6, 6.07) is 0.306. The summed E-state index contributed by atoms with van der Waals surface area (Å²) in [5.74, 6) is 0.794. The van der Waals surface area contributed by atoms with Crippen LogP contribution in [0.2, 0.25) is 0 Å². The predicted octanol–water partition coefficient (Wildman–Crippen LogP) is 2.46. The Bertz CT molecular complexity index is 245. The summed E-state index contributed by atoms with van der Waals surface area (Å²) >= 11 is 0. The van der Waals surface area contributed by atoms with Crippen molar-refractivity contribution in [3.63, 3.8) is 0 Å². The Balaban J connectivity index is 2.44. The van der Waals surface area contributed by atoms with Gasteiger partial charge in [0.1, 0.15) is 0 Å². The smallest absolute Gasteiger partial charge is 0.239 e. The molecule has 0 aromatic rings. The zero-order valence-electron chi connectivity index (χ0n) is 11.8. The lowest BCUT2D eigenvalue weighted by molar-refractivity contribution is -0.127. The van der Waals surface area contributed by atoms with E-state index in [4.69, 9.17) is 0 Å². The standard InChI is InChI=1S/C14H28N2O/c1-5-15-14(3,4)13(17)16-11(2)12-9-7-6-8-10-12/h11-12,15H,5-10H2,1-4H3,(H,16,17)/t11-/m0/s1. The average Bonchev–Trinajstić information content (AvgIpc) is 2.30. The maximum Gasteiger partial charge on any atom is 0.239 e. The molecule has 17 heavy (non-hydrogen) atoms. The van der Waals surface area contributed by atoms with Crippen molar-refractivity contribution in [2.75, 3.05) is 6.54 Å².